The highest BCUT2D eigenvalue weighted by atomic mass is 19.1. The molecule has 5 nitrogen and oxygen atoms in total. The van der Waals surface area contributed by atoms with E-state index in [0.717, 1.165) is 5.56 Å². The van der Waals surface area contributed by atoms with Crippen LogP contribution in [0.1, 0.15) is 28.4 Å². The van der Waals surface area contributed by atoms with Gasteiger partial charge in [-0.2, -0.15) is 0 Å². The minimum atomic E-state index is -0.786. The Hall–Kier alpha value is -2.44. The van der Waals surface area contributed by atoms with Crippen molar-refractivity contribution in [2.45, 2.75) is 19.1 Å². The zero-order chi connectivity index (χ0) is 17.4. The number of rotatable bonds is 4. The summed E-state index contributed by atoms with van der Waals surface area (Å²) in [6.07, 6.45) is 0.395. The fourth-order valence-corrected chi connectivity index (χ4v) is 3.16. The molecule has 0 aromatic heterocycles. The van der Waals surface area contributed by atoms with E-state index in [1.165, 1.54) is 24.3 Å². The lowest BCUT2D eigenvalue weighted by Crippen LogP contribution is -2.29. The van der Waals surface area contributed by atoms with Crippen molar-refractivity contribution in [1.29, 1.82) is 0 Å². The van der Waals surface area contributed by atoms with Gasteiger partial charge in [0.05, 0.1) is 18.8 Å². The maximum absolute atomic E-state index is 13.2. The molecule has 6 heteroatoms. The smallest absolute Gasteiger partial charge is 0.231 e. The predicted molar refractivity (Wildman–Crippen MR) is 86.4 cm³/mol. The summed E-state index contributed by atoms with van der Waals surface area (Å²) < 4.78 is 35.4. The summed E-state index contributed by atoms with van der Waals surface area (Å²) in [6, 6.07) is 9.04. The summed E-state index contributed by atoms with van der Waals surface area (Å²) in [4.78, 5) is 13.1. The van der Waals surface area contributed by atoms with E-state index in [0.29, 0.717) is 42.3 Å². The lowest BCUT2D eigenvalue weighted by molar-refractivity contribution is -0.140. The van der Waals surface area contributed by atoms with Gasteiger partial charge in [0.15, 0.2) is 23.1 Å². The van der Waals surface area contributed by atoms with Gasteiger partial charge in [-0.3, -0.25) is 4.79 Å². The van der Waals surface area contributed by atoms with Crippen molar-refractivity contribution in [2.75, 3.05) is 20.0 Å². The van der Waals surface area contributed by atoms with Crippen molar-refractivity contribution in [3.05, 3.63) is 58.9 Å². The fourth-order valence-electron chi connectivity index (χ4n) is 3.16. The molecule has 0 amide bonds. The first-order valence-electron chi connectivity index (χ1n) is 8.05. The highest BCUT2D eigenvalue weighted by Gasteiger charge is 2.35. The highest BCUT2D eigenvalue weighted by Crippen LogP contribution is 2.40. The first-order chi connectivity index (χ1) is 12.1. The summed E-state index contributed by atoms with van der Waals surface area (Å²) in [7, 11) is 0. The second kappa shape index (κ2) is 6.13. The second-order valence-electron chi connectivity index (χ2n) is 6.18. The Morgan fingerprint density at radius 2 is 1.80 bits per heavy atom. The zero-order valence-corrected chi connectivity index (χ0v) is 13.7. The van der Waals surface area contributed by atoms with Crippen molar-refractivity contribution in [2.24, 2.45) is 0 Å². The monoisotopic (exact) mass is 344 g/mol. The van der Waals surface area contributed by atoms with Gasteiger partial charge < -0.3 is 18.9 Å². The van der Waals surface area contributed by atoms with Gasteiger partial charge >= 0.3 is 0 Å². The molecular weight excluding hydrogens is 327 g/mol. The van der Waals surface area contributed by atoms with Crippen molar-refractivity contribution in [3.8, 4) is 11.5 Å². The molecule has 2 aromatic carbocycles. The average molecular weight is 344 g/mol. The number of hydrogen-bond acceptors (Lipinski definition) is 5. The predicted octanol–water partition coefficient (Wildman–Crippen LogP) is 3.09. The van der Waals surface area contributed by atoms with Crippen LogP contribution in [0.5, 0.6) is 11.5 Å². The number of ether oxygens (including phenoxy) is 4. The van der Waals surface area contributed by atoms with Gasteiger partial charge in [-0.05, 0) is 42.8 Å². The van der Waals surface area contributed by atoms with Crippen LogP contribution in [-0.2, 0) is 15.9 Å². The Kier molecular flexibility index (Phi) is 3.94. The summed E-state index contributed by atoms with van der Waals surface area (Å²) in [5, 5.41) is 0. The summed E-state index contributed by atoms with van der Waals surface area (Å²) >= 11 is 0. The molecule has 2 heterocycles. The van der Waals surface area contributed by atoms with Crippen LogP contribution in [0.4, 0.5) is 4.39 Å². The molecule has 0 spiro atoms. The lowest BCUT2D eigenvalue weighted by atomic mass is 9.93. The van der Waals surface area contributed by atoms with Gasteiger partial charge in [-0.1, -0.05) is 6.07 Å². The van der Waals surface area contributed by atoms with Gasteiger partial charge in [0, 0.05) is 12.0 Å². The minimum absolute atomic E-state index is 0.0623. The number of hydrogen-bond donors (Lipinski definition) is 0. The number of ketones is 1. The third-order valence-corrected chi connectivity index (χ3v) is 4.37. The fraction of sp³-hybridized carbons (Fsp3) is 0.316. The van der Waals surface area contributed by atoms with Crippen molar-refractivity contribution in [1.82, 2.24) is 0 Å². The summed E-state index contributed by atoms with van der Waals surface area (Å²) in [5.41, 5.74) is 1.52. The number of fused-ring (bicyclic) bond motifs is 1. The van der Waals surface area contributed by atoms with E-state index in [1.54, 1.807) is 6.07 Å². The number of carbonyl (C=O) groups excluding carboxylic acids is 1. The average Bonchev–Trinajstić information content (AvgIpc) is 3.24. The molecule has 1 saturated heterocycles. The van der Waals surface area contributed by atoms with Crippen LogP contribution in [0.25, 0.3) is 0 Å². The molecule has 1 fully saturated rings. The summed E-state index contributed by atoms with van der Waals surface area (Å²) in [5.74, 6) is -0.499. The highest BCUT2D eigenvalue weighted by molar-refractivity contribution is 6.12. The van der Waals surface area contributed by atoms with E-state index in [2.05, 4.69) is 0 Å². The van der Waals surface area contributed by atoms with Gasteiger partial charge in [-0.15, -0.1) is 0 Å². The van der Waals surface area contributed by atoms with E-state index in [-0.39, 0.29) is 12.6 Å². The first-order valence-corrected chi connectivity index (χ1v) is 8.05. The van der Waals surface area contributed by atoms with E-state index in [1.807, 2.05) is 13.0 Å². The summed E-state index contributed by atoms with van der Waals surface area (Å²) in [6.45, 7) is 2.94. The third kappa shape index (κ3) is 2.99. The van der Waals surface area contributed by atoms with Crippen molar-refractivity contribution < 1.29 is 28.1 Å². The van der Waals surface area contributed by atoms with E-state index in [9.17, 15) is 9.18 Å². The number of carbonyl (C=O) groups is 1. The Labute approximate surface area is 144 Å². The molecule has 25 heavy (non-hydrogen) atoms. The Morgan fingerprint density at radius 3 is 2.52 bits per heavy atom. The Balaban J connectivity index is 1.77. The van der Waals surface area contributed by atoms with E-state index >= 15 is 0 Å². The molecule has 0 N–H and O–H groups in total. The second-order valence-corrected chi connectivity index (χ2v) is 6.18. The molecule has 0 radical (unpaired) electrons. The van der Waals surface area contributed by atoms with Crippen molar-refractivity contribution >= 4 is 5.78 Å². The van der Waals surface area contributed by atoms with E-state index < -0.39 is 11.6 Å². The molecule has 0 aliphatic carbocycles. The van der Waals surface area contributed by atoms with E-state index in [4.69, 9.17) is 18.9 Å². The van der Waals surface area contributed by atoms with Crippen molar-refractivity contribution in [3.63, 3.8) is 0 Å². The molecule has 0 atom stereocenters. The van der Waals surface area contributed by atoms with Crippen LogP contribution < -0.4 is 9.47 Å². The van der Waals surface area contributed by atoms with Gasteiger partial charge in [0.1, 0.15) is 5.82 Å². The molecule has 0 saturated carbocycles. The Morgan fingerprint density at radius 1 is 1.08 bits per heavy atom. The molecule has 2 aliphatic heterocycles. The topological polar surface area (TPSA) is 54.0 Å². The first kappa shape index (κ1) is 16.1. The molecule has 4 rings (SSSR count). The zero-order valence-electron chi connectivity index (χ0n) is 13.7. The standard InChI is InChI=1S/C19H17FO5/c1-19(24-8-9-25-19)10-13-4-7-15-18(23-11-22-15)16(13)17(21)12-2-5-14(20)6-3-12/h2-7H,8-11H2,1H3. The van der Waals surface area contributed by atoms with Gasteiger partial charge in [0.2, 0.25) is 6.79 Å². The molecule has 130 valence electrons. The minimum Gasteiger partial charge on any atom is -0.454 e. The number of halogens is 1. The molecule has 2 aliphatic rings. The van der Waals surface area contributed by atoms with Crippen LogP contribution >= 0.6 is 0 Å². The normalized spacial score (nSPS) is 17.7. The van der Waals surface area contributed by atoms with Crippen LogP contribution in [0.3, 0.4) is 0 Å². The lowest BCUT2D eigenvalue weighted by Gasteiger charge is -2.24. The molecule has 0 bridgehead atoms. The maximum atomic E-state index is 13.2. The maximum Gasteiger partial charge on any atom is 0.231 e. The Bertz CT molecular complexity index is 809. The van der Waals surface area contributed by atoms with Crippen LogP contribution in [0.15, 0.2) is 36.4 Å². The van der Waals surface area contributed by atoms with Gasteiger partial charge in [-0.25, -0.2) is 4.39 Å². The van der Waals surface area contributed by atoms with Gasteiger partial charge in [0.25, 0.3) is 0 Å². The van der Waals surface area contributed by atoms with Crippen LogP contribution in [0.2, 0.25) is 0 Å². The molecular formula is C19H17FO5. The third-order valence-electron chi connectivity index (χ3n) is 4.37. The molecule has 0 unspecified atom stereocenters. The van der Waals surface area contributed by atoms with Crippen LogP contribution in [-0.4, -0.2) is 31.6 Å². The SMILES string of the molecule is CC1(Cc2ccc3c(c2C(=O)c2ccc(F)cc2)OCO3)OCCO1. The van der Waals surface area contributed by atoms with Crippen LogP contribution in [0, 0.1) is 5.82 Å². The largest absolute Gasteiger partial charge is 0.454 e. The molecule has 2 aromatic rings. The number of benzene rings is 2. The quantitative estimate of drug-likeness (QED) is 0.798.